The van der Waals surface area contributed by atoms with E-state index >= 15 is 0 Å². The average Bonchev–Trinajstić information content (AvgIpc) is 3.28. The first-order chi connectivity index (χ1) is 12.6. The summed E-state index contributed by atoms with van der Waals surface area (Å²) in [6.07, 6.45) is 0. The summed E-state index contributed by atoms with van der Waals surface area (Å²) in [7, 11) is 0. The summed E-state index contributed by atoms with van der Waals surface area (Å²) in [6.45, 7) is 6.96. The summed E-state index contributed by atoms with van der Waals surface area (Å²) in [6, 6.07) is 11.8. The maximum Gasteiger partial charge on any atom is 0.274 e. The van der Waals surface area contributed by atoms with Crippen molar-refractivity contribution in [3.8, 4) is 5.69 Å². The summed E-state index contributed by atoms with van der Waals surface area (Å²) in [5, 5.41) is 7.64. The summed E-state index contributed by atoms with van der Waals surface area (Å²) in [5.74, 6) is -0.00208. The lowest BCUT2D eigenvalue weighted by atomic mass is 10.2. The number of anilines is 1. The summed E-state index contributed by atoms with van der Waals surface area (Å²) < 4.78 is 1.82. The van der Waals surface area contributed by atoms with Gasteiger partial charge in [0.2, 0.25) is 0 Å². The third kappa shape index (κ3) is 3.22. The van der Waals surface area contributed by atoms with Crippen LogP contribution in [0.25, 0.3) is 5.69 Å². The first-order valence-electron chi connectivity index (χ1n) is 8.70. The highest BCUT2D eigenvalue weighted by Gasteiger charge is 2.25. The molecule has 1 saturated heterocycles. The molecule has 4 rings (SSSR count). The topological polar surface area (TPSA) is 54.3 Å². The van der Waals surface area contributed by atoms with E-state index in [9.17, 15) is 4.79 Å². The molecule has 0 aliphatic carbocycles. The van der Waals surface area contributed by atoms with Crippen LogP contribution in [0.3, 0.4) is 0 Å². The highest BCUT2D eigenvalue weighted by molar-refractivity contribution is 7.13. The van der Waals surface area contributed by atoms with E-state index in [-0.39, 0.29) is 5.91 Å². The van der Waals surface area contributed by atoms with Gasteiger partial charge in [0, 0.05) is 37.3 Å². The van der Waals surface area contributed by atoms with Crippen molar-refractivity contribution in [1.82, 2.24) is 19.7 Å². The lowest BCUT2D eigenvalue weighted by molar-refractivity contribution is 0.0740. The maximum atomic E-state index is 12.9. The van der Waals surface area contributed by atoms with Gasteiger partial charge in [0.15, 0.2) is 10.8 Å². The Morgan fingerprint density at radius 2 is 1.81 bits per heavy atom. The monoisotopic (exact) mass is 367 g/mol. The molecule has 0 radical (unpaired) electrons. The molecule has 1 amide bonds. The average molecular weight is 367 g/mol. The van der Waals surface area contributed by atoms with E-state index < -0.39 is 0 Å². The van der Waals surface area contributed by atoms with Gasteiger partial charge in [-0.2, -0.15) is 5.10 Å². The molecule has 1 aliphatic rings. The van der Waals surface area contributed by atoms with Gasteiger partial charge in [-0.25, -0.2) is 9.67 Å². The van der Waals surface area contributed by atoms with E-state index in [0.717, 1.165) is 35.3 Å². The number of thiazole rings is 1. The molecule has 1 aliphatic heterocycles. The molecule has 3 aromatic rings. The molecule has 0 atom stereocenters. The smallest absolute Gasteiger partial charge is 0.274 e. The molecule has 2 aromatic heterocycles. The second-order valence-corrected chi connectivity index (χ2v) is 7.31. The van der Waals surface area contributed by atoms with Gasteiger partial charge in [-0.05, 0) is 32.0 Å². The molecule has 1 fully saturated rings. The molecule has 0 saturated carbocycles. The van der Waals surface area contributed by atoms with Crippen LogP contribution in [0, 0.1) is 13.8 Å². The van der Waals surface area contributed by atoms with Crippen molar-refractivity contribution in [2.24, 2.45) is 0 Å². The Balaban J connectivity index is 1.46. The molecule has 1 aromatic carbocycles. The van der Waals surface area contributed by atoms with E-state index in [1.165, 1.54) is 0 Å². The van der Waals surface area contributed by atoms with E-state index in [4.69, 9.17) is 0 Å². The number of rotatable bonds is 3. The van der Waals surface area contributed by atoms with Crippen LogP contribution < -0.4 is 4.90 Å². The lowest BCUT2D eigenvalue weighted by Gasteiger charge is -2.34. The predicted octanol–water partition coefficient (Wildman–Crippen LogP) is 2.91. The van der Waals surface area contributed by atoms with Gasteiger partial charge in [-0.1, -0.05) is 18.2 Å². The maximum absolute atomic E-state index is 12.9. The second-order valence-electron chi connectivity index (χ2n) is 6.47. The first kappa shape index (κ1) is 16.8. The first-order valence-corrected chi connectivity index (χ1v) is 9.58. The summed E-state index contributed by atoms with van der Waals surface area (Å²) in [5.41, 5.74) is 3.47. The molecule has 134 valence electrons. The van der Waals surface area contributed by atoms with Crippen LogP contribution in [-0.4, -0.2) is 51.8 Å². The Hall–Kier alpha value is -2.67. The Morgan fingerprint density at radius 3 is 2.46 bits per heavy atom. The molecular weight excluding hydrogens is 346 g/mol. The van der Waals surface area contributed by atoms with Crippen LogP contribution in [0.1, 0.15) is 21.9 Å². The quantitative estimate of drug-likeness (QED) is 0.714. The zero-order valence-electron chi connectivity index (χ0n) is 14.9. The van der Waals surface area contributed by atoms with Crippen molar-refractivity contribution in [1.29, 1.82) is 0 Å². The van der Waals surface area contributed by atoms with Gasteiger partial charge in [0.1, 0.15) is 0 Å². The highest BCUT2D eigenvalue weighted by atomic mass is 32.1. The Labute approximate surface area is 156 Å². The second kappa shape index (κ2) is 6.92. The van der Waals surface area contributed by atoms with E-state index in [2.05, 4.69) is 20.4 Å². The molecule has 0 unspecified atom stereocenters. The number of benzene rings is 1. The number of amides is 1. The van der Waals surface area contributed by atoms with Gasteiger partial charge in [-0.15, -0.1) is 11.3 Å². The predicted molar refractivity (Wildman–Crippen MR) is 103 cm³/mol. The van der Waals surface area contributed by atoms with Crippen LogP contribution in [0.2, 0.25) is 0 Å². The number of carbonyl (C=O) groups is 1. The normalized spacial score (nSPS) is 14.7. The number of aromatic nitrogens is 3. The van der Waals surface area contributed by atoms with Gasteiger partial charge in [-0.3, -0.25) is 4.79 Å². The number of aryl methyl sites for hydroxylation is 2. The zero-order valence-corrected chi connectivity index (χ0v) is 15.7. The third-order valence-electron chi connectivity index (χ3n) is 4.55. The van der Waals surface area contributed by atoms with Crippen LogP contribution in [0.15, 0.2) is 41.8 Å². The van der Waals surface area contributed by atoms with Gasteiger partial charge in [0.25, 0.3) is 5.91 Å². The summed E-state index contributed by atoms with van der Waals surface area (Å²) >= 11 is 1.66. The SMILES string of the molecule is Cc1csc(N2CCN(C(=O)c3cc(C)n(-c4ccccc4)n3)CC2)n1. The van der Waals surface area contributed by atoms with Gasteiger partial charge < -0.3 is 9.80 Å². The number of hydrogen-bond acceptors (Lipinski definition) is 5. The van der Waals surface area contributed by atoms with E-state index in [1.807, 2.05) is 59.8 Å². The fourth-order valence-corrected chi connectivity index (χ4v) is 4.02. The highest BCUT2D eigenvalue weighted by Crippen LogP contribution is 2.22. The molecule has 7 heteroatoms. The van der Waals surface area contributed by atoms with Gasteiger partial charge in [0.05, 0.1) is 11.4 Å². The van der Waals surface area contributed by atoms with Crippen LogP contribution >= 0.6 is 11.3 Å². The molecule has 0 spiro atoms. The minimum atomic E-state index is -0.00208. The van der Waals surface area contributed by atoms with Crippen LogP contribution in [0.5, 0.6) is 0 Å². The van der Waals surface area contributed by atoms with Crippen LogP contribution in [0.4, 0.5) is 5.13 Å². The number of hydrogen-bond donors (Lipinski definition) is 0. The standard InChI is InChI=1S/C19H21N5OS/c1-14-13-26-19(20-14)23-10-8-22(9-11-23)18(25)17-12-15(2)24(21-17)16-6-4-3-5-7-16/h3-7,12-13H,8-11H2,1-2H3. The molecule has 26 heavy (non-hydrogen) atoms. The van der Waals surface area contributed by atoms with Crippen molar-refractivity contribution in [3.63, 3.8) is 0 Å². The fraction of sp³-hybridized carbons (Fsp3) is 0.316. The van der Waals surface area contributed by atoms with Crippen molar-refractivity contribution < 1.29 is 4.79 Å². The number of nitrogens with zero attached hydrogens (tertiary/aromatic N) is 5. The molecular formula is C19H21N5OS. The summed E-state index contributed by atoms with van der Waals surface area (Å²) in [4.78, 5) is 21.5. The molecule has 3 heterocycles. The van der Waals surface area contributed by atoms with Crippen molar-refractivity contribution in [2.45, 2.75) is 13.8 Å². The lowest BCUT2D eigenvalue weighted by Crippen LogP contribution is -2.48. The van der Waals surface area contributed by atoms with Crippen molar-refractivity contribution in [3.05, 3.63) is 58.9 Å². The number of para-hydroxylation sites is 1. The Kier molecular flexibility index (Phi) is 4.46. The molecule has 0 bridgehead atoms. The van der Waals surface area contributed by atoms with Crippen molar-refractivity contribution >= 4 is 22.4 Å². The molecule has 0 N–H and O–H groups in total. The Bertz CT molecular complexity index is 909. The number of piperazine rings is 1. The van der Waals surface area contributed by atoms with Crippen LogP contribution in [-0.2, 0) is 0 Å². The molecule has 6 nitrogen and oxygen atoms in total. The third-order valence-corrected chi connectivity index (χ3v) is 5.57. The largest absolute Gasteiger partial charge is 0.345 e. The minimum absolute atomic E-state index is 0.00208. The van der Waals surface area contributed by atoms with Crippen molar-refractivity contribution in [2.75, 3.05) is 31.1 Å². The van der Waals surface area contributed by atoms with E-state index in [1.54, 1.807) is 11.3 Å². The number of carbonyl (C=O) groups excluding carboxylic acids is 1. The van der Waals surface area contributed by atoms with Gasteiger partial charge >= 0.3 is 0 Å². The Morgan fingerprint density at radius 1 is 1.08 bits per heavy atom. The zero-order chi connectivity index (χ0) is 18.1. The van der Waals surface area contributed by atoms with E-state index in [0.29, 0.717) is 18.8 Å². The minimum Gasteiger partial charge on any atom is -0.345 e. The fourth-order valence-electron chi connectivity index (χ4n) is 3.16.